The molecule has 6 rings (SSSR count). The molecule has 0 fully saturated rings. The van der Waals surface area contributed by atoms with Gasteiger partial charge in [-0.3, -0.25) is 9.83 Å². The molecule has 4 aromatic heterocycles. The summed E-state index contributed by atoms with van der Waals surface area (Å²) in [6, 6.07) is 18.8. The number of rotatable bonds is 5. The van der Waals surface area contributed by atoms with Crippen LogP contribution in [0.25, 0.3) is 39.1 Å². The summed E-state index contributed by atoms with van der Waals surface area (Å²) in [6.07, 6.45) is 3.63. The minimum absolute atomic E-state index is 0.373. The van der Waals surface area contributed by atoms with E-state index in [-0.39, 0.29) is 0 Å². The zero-order valence-electron chi connectivity index (χ0n) is 18.7. The molecule has 0 saturated heterocycles. The van der Waals surface area contributed by atoms with Crippen LogP contribution in [0.1, 0.15) is 5.69 Å². The summed E-state index contributed by atoms with van der Waals surface area (Å²) in [6.45, 7) is 0. The van der Waals surface area contributed by atoms with Gasteiger partial charge in [0.15, 0.2) is 5.58 Å². The third-order valence-electron chi connectivity index (χ3n) is 5.56. The van der Waals surface area contributed by atoms with Crippen molar-refractivity contribution in [3.8, 4) is 22.5 Å². The van der Waals surface area contributed by atoms with Gasteiger partial charge in [-0.2, -0.15) is 5.10 Å². The monoisotopic (exact) mass is 653 g/mol. The molecule has 11 heteroatoms. The summed E-state index contributed by atoms with van der Waals surface area (Å²) in [5.41, 5.74) is 7.17. The van der Waals surface area contributed by atoms with Gasteiger partial charge in [0.2, 0.25) is 5.13 Å². The maximum atomic E-state index is 12.7. The van der Waals surface area contributed by atoms with Crippen molar-refractivity contribution in [3.05, 3.63) is 102 Å². The quantitative estimate of drug-likeness (QED) is 0.116. The van der Waals surface area contributed by atoms with E-state index in [2.05, 4.69) is 47.4 Å². The smallest absolute Gasteiger partial charge is 0.345 e. The first-order valence-corrected chi connectivity index (χ1v) is 13.7. The zero-order valence-corrected chi connectivity index (χ0v) is 23.4. The maximum absolute atomic E-state index is 12.7. The van der Waals surface area contributed by atoms with Crippen LogP contribution in [0, 0.1) is 0 Å². The number of hydrazone groups is 1. The molecule has 0 aliphatic carbocycles. The number of hydrogen-bond acceptors (Lipinski definition) is 7. The summed E-state index contributed by atoms with van der Waals surface area (Å²) in [5, 5.41) is 8.16. The Labute approximate surface area is 235 Å². The summed E-state index contributed by atoms with van der Waals surface area (Å²) in [5.74, 6) is 0. The molecule has 4 heterocycles. The number of imidazole rings is 1. The van der Waals surface area contributed by atoms with Gasteiger partial charge in [-0.25, -0.2) is 14.8 Å². The van der Waals surface area contributed by atoms with Crippen LogP contribution in [0.3, 0.4) is 0 Å². The van der Waals surface area contributed by atoms with Gasteiger partial charge in [0.1, 0.15) is 5.65 Å². The van der Waals surface area contributed by atoms with E-state index >= 15 is 0 Å². The maximum Gasteiger partial charge on any atom is 0.345 e. The van der Waals surface area contributed by atoms with E-state index in [1.165, 1.54) is 11.3 Å². The van der Waals surface area contributed by atoms with Crippen molar-refractivity contribution in [2.45, 2.75) is 0 Å². The molecule has 1 N–H and O–H groups in total. The fourth-order valence-corrected chi connectivity index (χ4v) is 6.02. The number of nitrogens with zero attached hydrogens (tertiary/aromatic N) is 4. The Morgan fingerprint density at radius 3 is 2.76 bits per heavy atom. The number of hydrogen-bond donors (Lipinski definition) is 1. The fraction of sp³-hybridized carbons (Fsp3) is 0. The van der Waals surface area contributed by atoms with Crippen molar-refractivity contribution in [3.63, 3.8) is 0 Å². The van der Waals surface area contributed by atoms with Crippen LogP contribution in [0.15, 0.2) is 95.5 Å². The lowest BCUT2D eigenvalue weighted by Gasteiger charge is -2.03. The summed E-state index contributed by atoms with van der Waals surface area (Å²) in [4.78, 5) is 22.0. The van der Waals surface area contributed by atoms with E-state index in [0.717, 1.165) is 32.5 Å². The molecule has 37 heavy (non-hydrogen) atoms. The first-order valence-electron chi connectivity index (χ1n) is 10.9. The highest BCUT2D eigenvalue weighted by molar-refractivity contribution is 9.11. The average Bonchev–Trinajstić information content (AvgIpc) is 3.50. The van der Waals surface area contributed by atoms with Crippen molar-refractivity contribution in [2.24, 2.45) is 5.10 Å². The number of nitrogens with one attached hydrogen (secondary N) is 1. The highest BCUT2D eigenvalue weighted by atomic mass is 79.9. The van der Waals surface area contributed by atoms with Gasteiger partial charge in [0, 0.05) is 32.0 Å². The van der Waals surface area contributed by atoms with E-state index in [1.807, 2.05) is 65.2 Å². The Bertz CT molecular complexity index is 1880. The molecule has 0 bridgehead atoms. The first-order chi connectivity index (χ1) is 18.0. The molecule has 0 radical (unpaired) electrons. The SMILES string of the molecule is O=c1oc2c(Br)cc(Br)cc2cc1-c1csc(N/N=C/c2c(-c3ccc(Cl)cc3)nc3ccccn23)n1. The van der Waals surface area contributed by atoms with Crippen LogP contribution in [-0.2, 0) is 0 Å². The molecule has 0 aliphatic heterocycles. The van der Waals surface area contributed by atoms with E-state index in [9.17, 15) is 4.79 Å². The zero-order chi connectivity index (χ0) is 25.5. The van der Waals surface area contributed by atoms with Crippen LogP contribution in [-0.4, -0.2) is 20.6 Å². The predicted octanol–water partition coefficient (Wildman–Crippen LogP) is 7.86. The second-order valence-electron chi connectivity index (χ2n) is 7.94. The second-order valence-corrected chi connectivity index (χ2v) is 11.0. The first kappa shape index (κ1) is 24.1. The van der Waals surface area contributed by atoms with Gasteiger partial charge in [0.25, 0.3) is 0 Å². The number of halogens is 3. The van der Waals surface area contributed by atoms with Crippen LogP contribution in [0.5, 0.6) is 0 Å². The van der Waals surface area contributed by atoms with Gasteiger partial charge in [-0.1, -0.05) is 45.7 Å². The van der Waals surface area contributed by atoms with Crippen molar-refractivity contribution < 1.29 is 4.42 Å². The van der Waals surface area contributed by atoms with E-state index in [1.54, 1.807) is 17.7 Å². The lowest BCUT2D eigenvalue weighted by atomic mass is 10.1. The standard InChI is InChI=1S/C26H14Br2ClN5O2S/c27-16-9-15-10-18(25(35)36-24(15)19(28)11-16)20-13-37-26(31-20)33-30-12-21-23(14-4-6-17(29)7-5-14)32-22-3-1-2-8-34(21)22/h1-13H,(H,31,33)/b30-12+. The molecule has 0 unspecified atom stereocenters. The molecule has 0 aliphatic rings. The van der Waals surface area contributed by atoms with Crippen LogP contribution >= 0.6 is 54.8 Å². The van der Waals surface area contributed by atoms with Gasteiger partial charge >= 0.3 is 5.63 Å². The third-order valence-corrected chi connectivity index (χ3v) is 7.61. The number of fused-ring (bicyclic) bond motifs is 2. The summed E-state index contributed by atoms with van der Waals surface area (Å²) < 4.78 is 9.07. The fourth-order valence-electron chi connectivity index (χ4n) is 3.89. The third kappa shape index (κ3) is 4.73. The molecule has 0 spiro atoms. The predicted molar refractivity (Wildman–Crippen MR) is 156 cm³/mol. The lowest BCUT2D eigenvalue weighted by molar-refractivity contribution is 0.561. The Morgan fingerprint density at radius 1 is 1.08 bits per heavy atom. The Balaban J connectivity index is 1.31. The highest BCUT2D eigenvalue weighted by Gasteiger charge is 2.15. The molecule has 0 atom stereocenters. The molecule has 6 aromatic rings. The summed E-state index contributed by atoms with van der Waals surface area (Å²) in [7, 11) is 0. The number of pyridine rings is 1. The Kier molecular flexibility index (Phi) is 6.41. The molecule has 7 nitrogen and oxygen atoms in total. The number of anilines is 1. The van der Waals surface area contributed by atoms with E-state index in [0.29, 0.717) is 31.5 Å². The summed E-state index contributed by atoms with van der Waals surface area (Å²) >= 11 is 14.3. The van der Waals surface area contributed by atoms with Crippen molar-refractivity contribution in [1.29, 1.82) is 0 Å². The minimum atomic E-state index is -0.464. The van der Waals surface area contributed by atoms with Crippen LogP contribution in [0.4, 0.5) is 5.13 Å². The molecular weight excluding hydrogens is 642 g/mol. The molecule has 0 saturated carbocycles. The van der Waals surface area contributed by atoms with Gasteiger partial charge in [0.05, 0.1) is 33.3 Å². The normalized spacial score (nSPS) is 11.6. The molecular formula is C26H14Br2ClN5O2S. The van der Waals surface area contributed by atoms with Crippen molar-refractivity contribution in [1.82, 2.24) is 14.4 Å². The van der Waals surface area contributed by atoms with Gasteiger partial charge < -0.3 is 4.42 Å². The average molecular weight is 656 g/mol. The molecule has 0 amide bonds. The highest BCUT2D eigenvalue weighted by Crippen LogP contribution is 2.31. The lowest BCUT2D eigenvalue weighted by Crippen LogP contribution is -2.03. The largest absolute Gasteiger partial charge is 0.421 e. The van der Waals surface area contributed by atoms with Crippen molar-refractivity contribution >= 4 is 82.8 Å². The topological polar surface area (TPSA) is 84.8 Å². The Hall–Kier alpha value is -3.31. The van der Waals surface area contributed by atoms with Gasteiger partial charge in [-0.15, -0.1) is 11.3 Å². The molecule has 2 aromatic carbocycles. The second kappa shape index (κ2) is 9.86. The number of benzene rings is 2. The van der Waals surface area contributed by atoms with E-state index < -0.39 is 5.63 Å². The number of thiazole rings is 1. The van der Waals surface area contributed by atoms with Crippen LogP contribution in [0.2, 0.25) is 5.02 Å². The number of aromatic nitrogens is 3. The Morgan fingerprint density at radius 2 is 1.92 bits per heavy atom. The minimum Gasteiger partial charge on any atom is -0.421 e. The van der Waals surface area contributed by atoms with Crippen LogP contribution < -0.4 is 11.1 Å². The van der Waals surface area contributed by atoms with Gasteiger partial charge in [-0.05, 0) is 58.4 Å². The van der Waals surface area contributed by atoms with E-state index in [4.69, 9.17) is 21.0 Å². The molecule has 182 valence electrons. The van der Waals surface area contributed by atoms with Crippen molar-refractivity contribution in [2.75, 3.05) is 5.43 Å².